The Hall–Kier alpha value is -0.870. The van der Waals surface area contributed by atoms with Crippen LogP contribution in [0.1, 0.15) is 5.56 Å². The Balaban J connectivity index is 2.50. The number of rotatable bonds is 2. The molecule has 1 aromatic rings. The minimum Gasteiger partial charge on any atom is -0.444 e. The molecule has 0 spiro atoms. The third-order valence-corrected chi connectivity index (χ3v) is 1.77. The van der Waals surface area contributed by atoms with Gasteiger partial charge < -0.3 is 4.74 Å². The summed E-state index contributed by atoms with van der Waals surface area (Å²) in [6, 6.07) is 7.09. The molecule has 5 heteroatoms. The highest BCUT2D eigenvalue weighted by atomic mass is 35.5. The zero-order chi connectivity index (χ0) is 9.68. The number of ether oxygens (including phenoxy) is 1. The molecule has 0 atom stereocenters. The molecule has 0 aliphatic rings. The van der Waals surface area contributed by atoms with Gasteiger partial charge in [0.1, 0.15) is 6.61 Å². The zero-order valence-corrected chi connectivity index (χ0v) is 8.31. The minimum atomic E-state index is -0.580. The van der Waals surface area contributed by atoms with Crippen molar-refractivity contribution in [1.29, 1.82) is 0 Å². The van der Waals surface area contributed by atoms with Crippen LogP contribution in [0.25, 0.3) is 0 Å². The summed E-state index contributed by atoms with van der Waals surface area (Å²) in [5, 5.41) is 0.618. The number of hydrogen-bond acceptors (Lipinski definition) is 3. The Morgan fingerprint density at radius 3 is 3.00 bits per heavy atom. The summed E-state index contributed by atoms with van der Waals surface area (Å²) >= 11 is 9.25. The molecule has 1 rings (SSSR count). The molecule has 0 unspecified atom stereocenters. The number of carbonyl (C=O) groups is 1. The van der Waals surface area contributed by atoms with Crippen LogP contribution >= 0.6 is 24.4 Å². The quantitative estimate of drug-likeness (QED) is 0.747. The van der Waals surface area contributed by atoms with Gasteiger partial charge in [-0.05, 0) is 17.7 Å². The lowest BCUT2D eigenvalue weighted by atomic mass is 10.2. The van der Waals surface area contributed by atoms with Gasteiger partial charge in [0.15, 0.2) is 0 Å². The second kappa shape index (κ2) is 4.99. The molecule has 0 saturated heterocycles. The molecular formula is C8H8ClNO2S. The summed E-state index contributed by atoms with van der Waals surface area (Å²) in [7, 11) is 0. The summed E-state index contributed by atoms with van der Waals surface area (Å²) in [5.74, 6) is 0. The van der Waals surface area contributed by atoms with E-state index in [1.54, 1.807) is 18.2 Å². The number of carbonyl (C=O) groups excluding carboxylic acids is 1. The fourth-order valence-corrected chi connectivity index (χ4v) is 1.09. The van der Waals surface area contributed by atoms with E-state index in [4.69, 9.17) is 16.3 Å². The fourth-order valence-electron chi connectivity index (χ4n) is 0.808. The number of benzene rings is 1. The van der Waals surface area contributed by atoms with Crippen LogP contribution in [0.3, 0.4) is 0 Å². The molecule has 0 fully saturated rings. The Kier molecular flexibility index (Phi) is 3.92. The van der Waals surface area contributed by atoms with Gasteiger partial charge in [-0.3, -0.25) is 4.72 Å². The second-order valence-electron chi connectivity index (χ2n) is 2.32. The average molecular weight is 218 g/mol. The van der Waals surface area contributed by atoms with E-state index in [1.165, 1.54) is 0 Å². The lowest BCUT2D eigenvalue weighted by molar-refractivity contribution is 0.147. The summed E-state index contributed by atoms with van der Waals surface area (Å²) < 4.78 is 6.80. The first-order chi connectivity index (χ1) is 6.22. The number of halogens is 1. The molecule has 13 heavy (non-hydrogen) atoms. The molecule has 0 bridgehead atoms. The van der Waals surface area contributed by atoms with E-state index < -0.39 is 6.09 Å². The molecule has 0 aliphatic carbocycles. The van der Waals surface area contributed by atoms with Crippen LogP contribution in [0.5, 0.6) is 0 Å². The van der Waals surface area contributed by atoms with E-state index in [9.17, 15) is 4.79 Å². The van der Waals surface area contributed by atoms with Crippen LogP contribution in [0, 0.1) is 0 Å². The Labute approximate surface area is 86.6 Å². The topological polar surface area (TPSA) is 38.3 Å². The highest BCUT2D eigenvalue weighted by Gasteiger charge is 1.99. The molecule has 0 heterocycles. The largest absolute Gasteiger partial charge is 0.444 e. The van der Waals surface area contributed by atoms with Gasteiger partial charge in [-0.15, -0.1) is 0 Å². The third-order valence-electron chi connectivity index (χ3n) is 1.35. The van der Waals surface area contributed by atoms with Crippen molar-refractivity contribution in [3.63, 3.8) is 0 Å². The highest BCUT2D eigenvalue weighted by Crippen LogP contribution is 2.11. The van der Waals surface area contributed by atoms with Gasteiger partial charge in [-0.1, -0.05) is 36.5 Å². The predicted octanol–water partition coefficient (Wildman–Crippen LogP) is 2.41. The van der Waals surface area contributed by atoms with Crippen LogP contribution < -0.4 is 4.72 Å². The fraction of sp³-hybridized carbons (Fsp3) is 0.125. The van der Waals surface area contributed by atoms with Gasteiger partial charge in [0.05, 0.1) is 0 Å². The maximum atomic E-state index is 10.6. The molecule has 3 nitrogen and oxygen atoms in total. The summed E-state index contributed by atoms with van der Waals surface area (Å²) in [6.45, 7) is 0.187. The Morgan fingerprint density at radius 1 is 1.62 bits per heavy atom. The molecule has 70 valence electrons. The Bertz CT molecular complexity index is 306. The molecule has 0 aliphatic heterocycles. The van der Waals surface area contributed by atoms with E-state index in [2.05, 4.69) is 17.5 Å². The average Bonchev–Trinajstić information content (AvgIpc) is 2.14. The van der Waals surface area contributed by atoms with Crippen molar-refractivity contribution < 1.29 is 9.53 Å². The van der Waals surface area contributed by atoms with Gasteiger partial charge in [0.2, 0.25) is 0 Å². The lowest BCUT2D eigenvalue weighted by Crippen LogP contribution is -2.13. The molecule has 1 N–H and O–H groups in total. The first-order valence-electron chi connectivity index (χ1n) is 3.53. The molecule has 0 radical (unpaired) electrons. The highest BCUT2D eigenvalue weighted by molar-refractivity contribution is 7.78. The van der Waals surface area contributed by atoms with E-state index in [1.807, 2.05) is 6.07 Å². The summed E-state index contributed by atoms with van der Waals surface area (Å²) in [4.78, 5) is 10.6. The van der Waals surface area contributed by atoms with E-state index in [-0.39, 0.29) is 6.61 Å². The maximum absolute atomic E-state index is 10.6. The summed E-state index contributed by atoms with van der Waals surface area (Å²) in [5.41, 5.74) is 0.837. The van der Waals surface area contributed by atoms with Crippen molar-refractivity contribution in [2.75, 3.05) is 0 Å². The number of hydrogen-bond donors (Lipinski definition) is 2. The van der Waals surface area contributed by atoms with Gasteiger partial charge in [0.25, 0.3) is 0 Å². The predicted molar refractivity (Wildman–Crippen MR) is 53.8 cm³/mol. The second-order valence-corrected chi connectivity index (χ2v) is 2.98. The smallest absolute Gasteiger partial charge is 0.417 e. The number of amides is 1. The van der Waals surface area contributed by atoms with Crippen LogP contribution in [-0.4, -0.2) is 6.09 Å². The van der Waals surface area contributed by atoms with Crippen molar-refractivity contribution in [2.24, 2.45) is 0 Å². The van der Waals surface area contributed by atoms with Gasteiger partial charge >= 0.3 is 6.09 Å². The van der Waals surface area contributed by atoms with E-state index in [0.29, 0.717) is 5.02 Å². The van der Waals surface area contributed by atoms with Gasteiger partial charge in [-0.25, -0.2) is 4.79 Å². The lowest BCUT2D eigenvalue weighted by Gasteiger charge is -2.03. The van der Waals surface area contributed by atoms with Crippen LogP contribution in [0.15, 0.2) is 24.3 Å². The van der Waals surface area contributed by atoms with E-state index in [0.717, 1.165) is 5.56 Å². The normalized spacial score (nSPS) is 9.38. The van der Waals surface area contributed by atoms with Gasteiger partial charge in [0, 0.05) is 5.02 Å². The minimum absolute atomic E-state index is 0.187. The van der Waals surface area contributed by atoms with Crippen LogP contribution in [0.2, 0.25) is 5.02 Å². The zero-order valence-electron chi connectivity index (χ0n) is 6.66. The molecule has 1 aromatic carbocycles. The first-order valence-corrected chi connectivity index (χ1v) is 4.36. The third kappa shape index (κ3) is 3.57. The van der Waals surface area contributed by atoms with Crippen molar-refractivity contribution >= 4 is 30.5 Å². The van der Waals surface area contributed by atoms with Crippen molar-refractivity contribution in [2.45, 2.75) is 6.61 Å². The standard InChI is InChI=1S/C8H8ClNO2S/c9-7-3-1-2-6(4-7)5-12-8(11)10-13/h1-4,13H,5H2,(H,10,11). The maximum Gasteiger partial charge on any atom is 0.417 e. The molecule has 1 amide bonds. The first kappa shape index (κ1) is 10.2. The summed E-state index contributed by atoms with van der Waals surface area (Å²) in [6.07, 6.45) is -0.580. The monoisotopic (exact) mass is 217 g/mol. The van der Waals surface area contributed by atoms with E-state index >= 15 is 0 Å². The molecule has 0 aromatic heterocycles. The van der Waals surface area contributed by atoms with Crippen molar-refractivity contribution in [1.82, 2.24) is 4.72 Å². The SMILES string of the molecule is O=C(NS)OCc1cccc(Cl)c1. The number of nitrogens with one attached hydrogen (secondary N) is 1. The Morgan fingerprint density at radius 2 is 2.38 bits per heavy atom. The van der Waals surface area contributed by atoms with Gasteiger partial charge in [-0.2, -0.15) is 0 Å². The van der Waals surface area contributed by atoms with Crippen molar-refractivity contribution in [3.8, 4) is 0 Å². The van der Waals surface area contributed by atoms with Crippen molar-refractivity contribution in [3.05, 3.63) is 34.9 Å². The number of thiol groups is 1. The molecular weight excluding hydrogens is 210 g/mol. The van der Waals surface area contributed by atoms with Crippen LogP contribution in [0.4, 0.5) is 4.79 Å². The van der Waals surface area contributed by atoms with Crippen LogP contribution in [-0.2, 0) is 11.3 Å². The molecule has 0 saturated carbocycles.